The van der Waals surface area contributed by atoms with Gasteiger partial charge in [-0.2, -0.15) is 0 Å². The molecule has 0 amide bonds. The fourth-order valence-electron chi connectivity index (χ4n) is 1.42. The summed E-state index contributed by atoms with van der Waals surface area (Å²) in [5.74, 6) is 0.775. The zero-order valence-corrected chi connectivity index (χ0v) is 9.04. The Balaban J connectivity index is 2.42. The van der Waals surface area contributed by atoms with Crippen molar-refractivity contribution in [1.29, 1.82) is 0 Å². The molecule has 0 aliphatic rings. The zero-order chi connectivity index (χ0) is 11.5. The van der Waals surface area contributed by atoms with E-state index in [4.69, 9.17) is 4.74 Å². The predicted octanol–water partition coefficient (Wildman–Crippen LogP) is 1.40. The Morgan fingerprint density at radius 1 is 1.31 bits per heavy atom. The third-order valence-corrected chi connectivity index (χ3v) is 2.36. The van der Waals surface area contributed by atoms with Gasteiger partial charge in [0, 0.05) is 0 Å². The van der Waals surface area contributed by atoms with E-state index in [0.29, 0.717) is 12.0 Å². The van der Waals surface area contributed by atoms with Crippen molar-refractivity contribution in [2.75, 3.05) is 7.11 Å². The standard InChI is InChI=1S/C11H11N3O2/c1-8-11(7-15)12-13-14(8)9-3-5-10(16-2)6-4-9/h3-7H,1-2H3. The highest BCUT2D eigenvalue weighted by Gasteiger charge is 2.08. The van der Waals surface area contributed by atoms with E-state index in [-0.39, 0.29) is 0 Å². The summed E-state index contributed by atoms with van der Waals surface area (Å²) in [4.78, 5) is 10.6. The van der Waals surface area contributed by atoms with Crippen molar-refractivity contribution in [2.24, 2.45) is 0 Å². The van der Waals surface area contributed by atoms with E-state index < -0.39 is 0 Å². The highest BCUT2D eigenvalue weighted by Crippen LogP contribution is 2.15. The van der Waals surface area contributed by atoms with Gasteiger partial charge in [0.1, 0.15) is 11.4 Å². The van der Waals surface area contributed by atoms with Crippen LogP contribution in [0.1, 0.15) is 16.2 Å². The quantitative estimate of drug-likeness (QED) is 0.729. The predicted molar refractivity (Wildman–Crippen MR) is 58.0 cm³/mol. The van der Waals surface area contributed by atoms with Crippen molar-refractivity contribution < 1.29 is 9.53 Å². The molecule has 16 heavy (non-hydrogen) atoms. The first-order valence-electron chi connectivity index (χ1n) is 4.78. The van der Waals surface area contributed by atoms with Crippen LogP contribution in [0.2, 0.25) is 0 Å². The van der Waals surface area contributed by atoms with Crippen molar-refractivity contribution in [3.05, 3.63) is 35.7 Å². The van der Waals surface area contributed by atoms with Gasteiger partial charge in [0.2, 0.25) is 0 Å². The van der Waals surface area contributed by atoms with Gasteiger partial charge in [0.15, 0.2) is 6.29 Å². The van der Waals surface area contributed by atoms with Gasteiger partial charge in [-0.05, 0) is 31.2 Å². The molecule has 0 aliphatic heterocycles. The summed E-state index contributed by atoms with van der Waals surface area (Å²) in [5.41, 5.74) is 1.93. The number of aldehydes is 1. The minimum absolute atomic E-state index is 0.357. The van der Waals surface area contributed by atoms with E-state index in [2.05, 4.69) is 10.3 Å². The third kappa shape index (κ3) is 1.67. The van der Waals surface area contributed by atoms with E-state index in [1.165, 1.54) is 0 Å². The molecule has 0 saturated carbocycles. The smallest absolute Gasteiger partial charge is 0.172 e. The fourth-order valence-corrected chi connectivity index (χ4v) is 1.42. The molecule has 0 unspecified atom stereocenters. The summed E-state index contributed by atoms with van der Waals surface area (Å²) in [6.45, 7) is 1.80. The molecular formula is C11H11N3O2. The molecule has 0 aliphatic carbocycles. The summed E-state index contributed by atoms with van der Waals surface area (Å²) in [5, 5.41) is 7.67. The number of hydrogen-bond donors (Lipinski definition) is 0. The topological polar surface area (TPSA) is 57.0 Å². The van der Waals surface area contributed by atoms with Crippen molar-refractivity contribution in [3.63, 3.8) is 0 Å². The van der Waals surface area contributed by atoms with E-state index in [1.54, 1.807) is 18.7 Å². The van der Waals surface area contributed by atoms with Crippen molar-refractivity contribution in [2.45, 2.75) is 6.92 Å². The normalized spacial score (nSPS) is 10.1. The third-order valence-electron chi connectivity index (χ3n) is 2.36. The number of carbonyl (C=O) groups excluding carboxylic acids is 1. The van der Waals surface area contributed by atoms with Gasteiger partial charge in [-0.1, -0.05) is 5.21 Å². The van der Waals surface area contributed by atoms with Gasteiger partial charge in [0.05, 0.1) is 18.5 Å². The average Bonchev–Trinajstić information content (AvgIpc) is 2.70. The van der Waals surface area contributed by atoms with Crippen molar-refractivity contribution in [3.8, 4) is 11.4 Å². The Morgan fingerprint density at radius 2 is 2.00 bits per heavy atom. The second-order valence-corrected chi connectivity index (χ2v) is 3.29. The number of aromatic nitrogens is 3. The second-order valence-electron chi connectivity index (χ2n) is 3.29. The number of methoxy groups -OCH3 is 1. The molecule has 0 radical (unpaired) electrons. The average molecular weight is 217 g/mol. The van der Waals surface area contributed by atoms with Crippen LogP contribution in [-0.4, -0.2) is 28.4 Å². The monoisotopic (exact) mass is 217 g/mol. The zero-order valence-electron chi connectivity index (χ0n) is 9.04. The van der Waals surface area contributed by atoms with Crippen LogP contribution in [0.5, 0.6) is 5.75 Å². The summed E-state index contributed by atoms with van der Waals surface area (Å²) in [6, 6.07) is 7.37. The first-order valence-corrected chi connectivity index (χ1v) is 4.78. The number of nitrogens with zero attached hydrogens (tertiary/aromatic N) is 3. The van der Waals surface area contributed by atoms with E-state index >= 15 is 0 Å². The van der Waals surface area contributed by atoms with Crippen LogP contribution in [0.15, 0.2) is 24.3 Å². The number of rotatable bonds is 3. The van der Waals surface area contributed by atoms with Crippen LogP contribution in [0, 0.1) is 6.92 Å². The summed E-state index contributed by atoms with van der Waals surface area (Å²) >= 11 is 0. The molecule has 1 heterocycles. The molecule has 0 fully saturated rings. The van der Waals surface area contributed by atoms with Gasteiger partial charge >= 0.3 is 0 Å². The largest absolute Gasteiger partial charge is 0.497 e. The van der Waals surface area contributed by atoms with E-state index in [9.17, 15) is 4.79 Å². The van der Waals surface area contributed by atoms with Crippen LogP contribution >= 0.6 is 0 Å². The Bertz CT molecular complexity index is 502. The lowest BCUT2D eigenvalue weighted by Crippen LogP contribution is -1.99. The van der Waals surface area contributed by atoms with E-state index in [0.717, 1.165) is 17.1 Å². The molecule has 0 N–H and O–H groups in total. The molecule has 0 atom stereocenters. The first-order chi connectivity index (χ1) is 7.76. The molecule has 0 bridgehead atoms. The Morgan fingerprint density at radius 3 is 2.50 bits per heavy atom. The second kappa shape index (κ2) is 4.14. The van der Waals surface area contributed by atoms with Crippen LogP contribution in [-0.2, 0) is 0 Å². The minimum atomic E-state index is 0.357. The lowest BCUT2D eigenvalue weighted by Gasteiger charge is -2.04. The summed E-state index contributed by atoms with van der Waals surface area (Å²) < 4.78 is 6.67. The maximum Gasteiger partial charge on any atom is 0.172 e. The maximum absolute atomic E-state index is 10.6. The lowest BCUT2D eigenvalue weighted by atomic mass is 10.3. The van der Waals surface area contributed by atoms with Crippen molar-refractivity contribution >= 4 is 6.29 Å². The fraction of sp³-hybridized carbons (Fsp3) is 0.182. The molecule has 2 rings (SSSR count). The van der Waals surface area contributed by atoms with Gasteiger partial charge in [-0.15, -0.1) is 5.10 Å². The molecule has 82 valence electrons. The molecule has 1 aromatic carbocycles. The van der Waals surface area contributed by atoms with Gasteiger partial charge < -0.3 is 4.74 Å². The first kappa shape index (κ1) is 10.4. The van der Waals surface area contributed by atoms with E-state index in [1.807, 2.05) is 24.3 Å². The molecular weight excluding hydrogens is 206 g/mol. The summed E-state index contributed by atoms with van der Waals surface area (Å²) in [6.07, 6.45) is 0.697. The molecule has 0 saturated heterocycles. The Kier molecular flexibility index (Phi) is 2.68. The highest BCUT2D eigenvalue weighted by molar-refractivity contribution is 5.73. The van der Waals surface area contributed by atoms with Crippen LogP contribution in [0.25, 0.3) is 5.69 Å². The Labute approximate surface area is 92.7 Å². The summed E-state index contributed by atoms with van der Waals surface area (Å²) in [7, 11) is 1.61. The van der Waals surface area contributed by atoms with Gasteiger partial charge in [-0.25, -0.2) is 4.68 Å². The van der Waals surface area contributed by atoms with Crippen LogP contribution in [0.4, 0.5) is 0 Å². The van der Waals surface area contributed by atoms with Crippen molar-refractivity contribution in [1.82, 2.24) is 15.0 Å². The molecule has 0 spiro atoms. The molecule has 1 aromatic heterocycles. The number of ether oxygens (including phenoxy) is 1. The van der Waals surface area contributed by atoms with Gasteiger partial charge in [-0.3, -0.25) is 4.79 Å². The number of carbonyl (C=O) groups is 1. The molecule has 2 aromatic rings. The lowest BCUT2D eigenvalue weighted by molar-refractivity contribution is 0.111. The van der Waals surface area contributed by atoms with Crippen LogP contribution < -0.4 is 4.74 Å². The SMILES string of the molecule is COc1ccc(-n2nnc(C=O)c2C)cc1. The van der Waals surface area contributed by atoms with Crippen LogP contribution in [0.3, 0.4) is 0 Å². The molecule has 5 heteroatoms. The number of benzene rings is 1. The minimum Gasteiger partial charge on any atom is -0.497 e. The highest BCUT2D eigenvalue weighted by atomic mass is 16.5. The Hall–Kier alpha value is -2.17. The number of hydrogen-bond acceptors (Lipinski definition) is 4. The van der Waals surface area contributed by atoms with Gasteiger partial charge in [0.25, 0.3) is 0 Å². The maximum atomic E-state index is 10.6. The molecule has 5 nitrogen and oxygen atoms in total.